The third kappa shape index (κ3) is 6.89. The second-order valence-electron chi connectivity index (χ2n) is 5.35. The van der Waals surface area contributed by atoms with Crippen molar-refractivity contribution >= 4 is 29.1 Å². The number of hydrogen-bond donors (Lipinski definition) is 2. The minimum Gasteiger partial charge on any atom is -0.482 e. The topological polar surface area (TPSA) is 93.9 Å². The van der Waals surface area contributed by atoms with Crippen molar-refractivity contribution in [1.29, 1.82) is 0 Å². The lowest BCUT2D eigenvalue weighted by Crippen LogP contribution is -2.34. The molecule has 0 bridgehead atoms. The van der Waals surface area contributed by atoms with Gasteiger partial charge in [0.05, 0.1) is 17.5 Å². The van der Waals surface area contributed by atoms with Crippen molar-refractivity contribution in [1.82, 2.24) is 4.90 Å². The van der Waals surface area contributed by atoms with Gasteiger partial charge in [-0.25, -0.2) is 0 Å². The van der Waals surface area contributed by atoms with E-state index in [2.05, 4.69) is 5.32 Å². The Kier molecular flexibility index (Phi) is 9.26. The minimum atomic E-state index is -0.329. The van der Waals surface area contributed by atoms with E-state index in [0.717, 1.165) is 0 Å². The Morgan fingerprint density at radius 2 is 2.00 bits per heavy atom. The summed E-state index contributed by atoms with van der Waals surface area (Å²) >= 11 is 6.16. The van der Waals surface area contributed by atoms with E-state index in [1.165, 1.54) is 7.11 Å². The molecule has 0 aliphatic carbocycles. The highest BCUT2D eigenvalue weighted by Crippen LogP contribution is 2.27. The van der Waals surface area contributed by atoms with Crippen molar-refractivity contribution in [2.24, 2.45) is 5.73 Å². The predicted molar refractivity (Wildman–Crippen MR) is 98.0 cm³/mol. The Morgan fingerprint density at radius 1 is 1.32 bits per heavy atom. The highest BCUT2D eigenvalue weighted by molar-refractivity contribution is 6.32. The predicted octanol–water partition coefficient (Wildman–Crippen LogP) is 1.89. The smallest absolute Gasteiger partial charge is 0.260 e. The Morgan fingerprint density at radius 3 is 2.52 bits per heavy atom. The lowest BCUT2D eigenvalue weighted by Gasteiger charge is -2.19. The first-order chi connectivity index (χ1) is 11.9. The van der Waals surface area contributed by atoms with Gasteiger partial charge in [-0.1, -0.05) is 11.6 Å². The number of nitrogens with two attached hydrogens (primary N) is 1. The molecule has 1 unspecified atom stereocenters. The van der Waals surface area contributed by atoms with Gasteiger partial charge in [-0.15, -0.1) is 0 Å². The maximum absolute atomic E-state index is 11.9. The fraction of sp³-hybridized carbons (Fsp3) is 0.529. The van der Waals surface area contributed by atoms with Gasteiger partial charge in [-0.05, 0) is 32.0 Å². The Labute approximate surface area is 153 Å². The van der Waals surface area contributed by atoms with Crippen LogP contribution < -0.4 is 15.8 Å². The third-order valence-corrected chi connectivity index (χ3v) is 3.99. The van der Waals surface area contributed by atoms with Crippen LogP contribution in [-0.4, -0.2) is 56.2 Å². The van der Waals surface area contributed by atoms with E-state index < -0.39 is 0 Å². The SMILES string of the molecule is CCN(CC)C(=O)COc1ccc(NC(=O)CC(CN)OC)cc1Cl. The molecule has 0 aromatic heterocycles. The molecule has 7 nitrogen and oxygen atoms in total. The summed E-state index contributed by atoms with van der Waals surface area (Å²) in [6.45, 7) is 5.25. The quantitative estimate of drug-likeness (QED) is 0.655. The highest BCUT2D eigenvalue weighted by Gasteiger charge is 2.14. The average Bonchev–Trinajstić information content (AvgIpc) is 2.60. The molecule has 0 saturated carbocycles. The molecule has 0 spiro atoms. The third-order valence-electron chi connectivity index (χ3n) is 3.69. The number of ether oxygens (including phenoxy) is 2. The molecule has 1 rings (SSSR count). The maximum atomic E-state index is 11.9. The van der Waals surface area contributed by atoms with Crippen LogP contribution in [0.3, 0.4) is 0 Å². The van der Waals surface area contributed by atoms with Crippen molar-refractivity contribution in [2.45, 2.75) is 26.4 Å². The lowest BCUT2D eigenvalue weighted by atomic mass is 10.2. The summed E-state index contributed by atoms with van der Waals surface area (Å²) in [5.74, 6) is 0.0569. The average molecular weight is 372 g/mol. The molecule has 0 aliphatic heterocycles. The first kappa shape index (κ1) is 21.2. The molecule has 25 heavy (non-hydrogen) atoms. The van der Waals surface area contributed by atoms with E-state index in [0.29, 0.717) is 29.5 Å². The zero-order valence-corrected chi connectivity index (χ0v) is 15.6. The summed E-state index contributed by atoms with van der Waals surface area (Å²) in [6.07, 6.45) is -0.175. The van der Waals surface area contributed by atoms with Crippen molar-refractivity contribution in [3.8, 4) is 5.75 Å². The number of carbonyl (C=O) groups excluding carboxylic acids is 2. The van der Waals surface area contributed by atoms with Crippen LogP contribution in [0.25, 0.3) is 0 Å². The van der Waals surface area contributed by atoms with E-state index in [1.807, 2.05) is 13.8 Å². The van der Waals surface area contributed by atoms with E-state index in [1.54, 1.807) is 23.1 Å². The van der Waals surface area contributed by atoms with Crippen molar-refractivity contribution in [3.05, 3.63) is 23.2 Å². The molecule has 3 N–H and O–H groups in total. The van der Waals surface area contributed by atoms with Crippen molar-refractivity contribution in [2.75, 3.05) is 38.7 Å². The van der Waals surface area contributed by atoms with Gasteiger partial charge in [0.1, 0.15) is 5.75 Å². The van der Waals surface area contributed by atoms with Crippen molar-refractivity contribution < 1.29 is 19.1 Å². The van der Waals surface area contributed by atoms with Gasteiger partial charge in [-0.2, -0.15) is 0 Å². The molecule has 0 fully saturated rings. The molecule has 0 aliphatic rings. The number of hydrogen-bond acceptors (Lipinski definition) is 5. The number of likely N-dealkylation sites (N-methyl/N-ethyl adjacent to an activating group) is 1. The molecule has 1 aromatic rings. The van der Waals surface area contributed by atoms with Crippen LogP contribution in [0.1, 0.15) is 20.3 Å². The fourth-order valence-electron chi connectivity index (χ4n) is 2.18. The fourth-order valence-corrected chi connectivity index (χ4v) is 2.42. The Hall–Kier alpha value is -1.83. The zero-order chi connectivity index (χ0) is 18.8. The normalized spacial score (nSPS) is 11.7. The number of rotatable bonds is 10. The van der Waals surface area contributed by atoms with Crippen LogP contribution >= 0.6 is 11.6 Å². The number of nitrogens with one attached hydrogen (secondary N) is 1. The Balaban J connectivity index is 2.62. The van der Waals surface area contributed by atoms with Gasteiger partial charge in [0.2, 0.25) is 5.91 Å². The van der Waals surface area contributed by atoms with Crippen LogP contribution in [0.2, 0.25) is 5.02 Å². The summed E-state index contributed by atoms with van der Waals surface area (Å²) in [4.78, 5) is 25.5. The molecule has 1 aromatic carbocycles. The van der Waals surface area contributed by atoms with Gasteiger partial charge < -0.3 is 25.4 Å². The number of benzene rings is 1. The summed E-state index contributed by atoms with van der Waals surface area (Å²) in [7, 11) is 1.51. The monoisotopic (exact) mass is 371 g/mol. The summed E-state index contributed by atoms with van der Waals surface area (Å²) in [5.41, 5.74) is 6.03. The first-order valence-electron chi connectivity index (χ1n) is 8.17. The summed E-state index contributed by atoms with van der Waals surface area (Å²) in [6, 6.07) is 4.84. The number of halogens is 1. The second-order valence-corrected chi connectivity index (χ2v) is 5.75. The molecule has 0 saturated heterocycles. The molecule has 0 radical (unpaired) electrons. The number of anilines is 1. The van der Waals surface area contributed by atoms with Crippen LogP contribution in [0, 0.1) is 0 Å². The molecule has 2 amide bonds. The van der Waals surface area contributed by atoms with Crippen LogP contribution in [0.5, 0.6) is 5.75 Å². The molecule has 8 heteroatoms. The highest BCUT2D eigenvalue weighted by atomic mass is 35.5. The van der Waals surface area contributed by atoms with Gasteiger partial charge in [0, 0.05) is 32.4 Å². The molecular formula is C17H26ClN3O4. The Bertz CT molecular complexity index is 575. The maximum Gasteiger partial charge on any atom is 0.260 e. The molecule has 1 atom stereocenters. The van der Waals surface area contributed by atoms with E-state index in [9.17, 15) is 9.59 Å². The summed E-state index contributed by atoms with van der Waals surface area (Å²) < 4.78 is 10.5. The first-order valence-corrected chi connectivity index (χ1v) is 8.55. The van der Waals surface area contributed by atoms with Gasteiger partial charge >= 0.3 is 0 Å². The lowest BCUT2D eigenvalue weighted by molar-refractivity contribution is -0.133. The minimum absolute atomic E-state index is 0.0842. The largest absolute Gasteiger partial charge is 0.482 e. The van der Waals surface area contributed by atoms with E-state index >= 15 is 0 Å². The molecular weight excluding hydrogens is 346 g/mol. The number of carbonyl (C=O) groups is 2. The second kappa shape index (κ2) is 10.9. The zero-order valence-electron chi connectivity index (χ0n) is 14.9. The van der Waals surface area contributed by atoms with Gasteiger partial charge in [0.25, 0.3) is 5.91 Å². The number of methoxy groups -OCH3 is 1. The standard InChI is InChI=1S/C17H26ClN3O4/c1-4-21(5-2)17(23)11-25-15-7-6-12(8-14(15)18)20-16(22)9-13(10-19)24-3/h6-8,13H,4-5,9-11,19H2,1-3H3,(H,20,22). The van der Waals surface area contributed by atoms with Gasteiger partial charge in [0.15, 0.2) is 6.61 Å². The summed E-state index contributed by atoms with van der Waals surface area (Å²) in [5, 5.41) is 3.03. The van der Waals surface area contributed by atoms with Crippen molar-refractivity contribution in [3.63, 3.8) is 0 Å². The van der Waals surface area contributed by atoms with Crippen LogP contribution in [-0.2, 0) is 14.3 Å². The number of nitrogens with zero attached hydrogens (tertiary/aromatic N) is 1. The van der Waals surface area contributed by atoms with Crippen LogP contribution in [0.4, 0.5) is 5.69 Å². The van der Waals surface area contributed by atoms with Gasteiger partial charge in [-0.3, -0.25) is 9.59 Å². The molecule has 140 valence electrons. The van der Waals surface area contributed by atoms with Crippen LogP contribution in [0.15, 0.2) is 18.2 Å². The van der Waals surface area contributed by atoms with E-state index in [-0.39, 0.29) is 37.5 Å². The number of amides is 2. The van der Waals surface area contributed by atoms with E-state index in [4.69, 9.17) is 26.8 Å². The molecule has 0 heterocycles.